The number of rotatable bonds is 2. The van der Waals surface area contributed by atoms with E-state index in [0.717, 1.165) is 16.7 Å². The summed E-state index contributed by atoms with van der Waals surface area (Å²) in [4.78, 5) is 15.7. The number of nitrogens with zero attached hydrogens (tertiary/aromatic N) is 1. The van der Waals surface area contributed by atoms with E-state index < -0.39 is 0 Å². The minimum absolute atomic E-state index is 0.378. The standard InChI is InChI=1S/C16H15NOS/c1-11(2)17-13-5-3-4-6-15(13)19-16-9-12(10-18)7-8-14(16)17/h3-11H,1-2H3. The summed E-state index contributed by atoms with van der Waals surface area (Å²) < 4.78 is 0. The summed E-state index contributed by atoms with van der Waals surface area (Å²) in [6.07, 6.45) is 0.904. The van der Waals surface area contributed by atoms with Crippen molar-refractivity contribution < 1.29 is 4.79 Å². The summed E-state index contributed by atoms with van der Waals surface area (Å²) >= 11 is 1.73. The number of hydrogen-bond donors (Lipinski definition) is 0. The van der Waals surface area contributed by atoms with Crippen molar-refractivity contribution in [3.8, 4) is 0 Å². The molecule has 1 aliphatic heterocycles. The fourth-order valence-electron chi connectivity index (χ4n) is 2.43. The molecule has 3 rings (SSSR count). The summed E-state index contributed by atoms with van der Waals surface area (Å²) in [5.74, 6) is 0. The SMILES string of the molecule is CC(C)N1c2ccccc2Sc2cc(C=O)ccc21. The topological polar surface area (TPSA) is 20.3 Å². The third kappa shape index (κ3) is 2.04. The van der Waals surface area contributed by atoms with Crippen molar-refractivity contribution in [1.29, 1.82) is 0 Å². The average Bonchev–Trinajstić information content (AvgIpc) is 2.43. The normalized spacial score (nSPS) is 13.1. The van der Waals surface area contributed by atoms with Gasteiger partial charge in [-0.3, -0.25) is 4.79 Å². The molecule has 0 N–H and O–H groups in total. The zero-order valence-corrected chi connectivity index (χ0v) is 11.8. The van der Waals surface area contributed by atoms with Crippen LogP contribution in [-0.4, -0.2) is 12.3 Å². The Morgan fingerprint density at radius 3 is 2.53 bits per heavy atom. The van der Waals surface area contributed by atoms with Crippen molar-refractivity contribution in [2.45, 2.75) is 29.7 Å². The number of benzene rings is 2. The highest BCUT2D eigenvalue weighted by Crippen LogP contribution is 2.48. The Balaban J connectivity index is 2.19. The van der Waals surface area contributed by atoms with Gasteiger partial charge in [0.05, 0.1) is 11.4 Å². The fraction of sp³-hybridized carbons (Fsp3) is 0.188. The van der Waals surface area contributed by atoms with Crippen LogP contribution in [0.3, 0.4) is 0 Å². The number of carbonyl (C=O) groups excluding carboxylic acids is 1. The number of aldehydes is 1. The first-order chi connectivity index (χ1) is 9.20. The molecule has 0 amide bonds. The van der Waals surface area contributed by atoms with Gasteiger partial charge in [0.25, 0.3) is 0 Å². The highest BCUT2D eigenvalue weighted by atomic mass is 32.2. The molecule has 0 unspecified atom stereocenters. The summed E-state index contributed by atoms with van der Waals surface area (Å²) in [5, 5.41) is 0. The van der Waals surface area contributed by atoms with Gasteiger partial charge in [-0.2, -0.15) is 0 Å². The van der Waals surface area contributed by atoms with Gasteiger partial charge in [-0.05, 0) is 44.2 Å². The van der Waals surface area contributed by atoms with Crippen molar-refractivity contribution in [3.05, 3.63) is 48.0 Å². The number of fused-ring (bicyclic) bond motifs is 2. The second-order valence-electron chi connectivity index (χ2n) is 4.88. The molecular weight excluding hydrogens is 254 g/mol. The van der Waals surface area contributed by atoms with E-state index in [2.05, 4.69) is 43.0 Å². The van der Waals surface area contributed by atoms with Gasteiger partial charge < -0.3 is 4.90 Å². The van der Waals surface area contributed by atoms with Crippen molar-refractivity contribution in [2.75, 3.05) is 4.90 Å². The first-order valence-electron chi connectivity index (χ1n) is 6.36. The third-order valence-electron chi connectivity index (χ3n) is 3.24. The molecule has 2 aromatic carbocycles. The van der Waals surface area contributed by atoms with Gasteiger partial charge in [-0.25, -0.2) is 0 Å². The van der Waals surface area contributed by atoms with Gasteiger partial charge in [0.2, 0.25) is 0 Å². The van der Waals surface area contributed by atoms with Gasteiger partial charge in [-0.1, -0.05) is 23.9 Å². The van der Waals surface area contributed by atoms with Crippen molar-refractivity contribution in [1.82, 2.24) is 0 Å². The lowest BCUT2D eigenvalue weighted by Gasteiger charge is -2.35. The van der Waals surface area contributed by atoms with Gasteiger partial charge in [0.15, 0.2) is 0 Å². The van der Waals surface area contributed by atoms with Crippen molar-refractivity contribution >= 4 is 29.4 Å². The maximum absolute atomic E-state index is 10.9. The summed E-state index contributed by atoms with van der Waals surface area (Å²) in [6.45, 7) is 4.37. The molecule has 0 fully saturated rings. The lowest BCUT2D eigenvalue weighted by Crippen LogP contribution is -2.28. The number of carbonyl (C=O) groups is 1. The zero-order chi connectivity index (χ0) is 13.4. The Kier molecular flexibility index (Phi) is 3.07. The van der Waals surface area contributed by atoms with E-state index in [9.17, 15) is 4.79 Å². The summed E-state index contributed by atoms with van der Waals surface area (Å²) in [6, 6.07) is 14.7. The molecule has 2 aromatic rings. The largest absolute Gasteiger partial charge is 0.337 e. The average molecular weight is 269 g/mol. The van der Waals surface area contributed by atoms with E-state index in [0.29, 0.717) is 6.04 Å². The first kappa shape index (κ1) is 12.3. The molecule has 0 bridgehead atoms. The van der Waals surface area contributed by atoms with E-state index in [-0.39, 0.29) is 0 Å². The number of hydrogen-bond acceptors (Lipinski definition) is 3. The van der Waals surface area contributed by atoms with Crippen LogP contribution >= 0.6 is 11.8 Å². The molecule has 0 atom stereocenters. The maximum Gasteiger partial charge on any atom is 0.150 e. The molecule has 0 aromatic heterocycles. The van der Waals surface area contributed by atoms with E-state index in [1.54, 1.807) is 11.8 Å². The van der Waals surface area contributed by atoms with Crippen LogP contribution in [-0.2, 0) is 0 Å². The Labute approximate surface area is 117 Å². The molecule has 0 aliphatic carbocycles. The van der Waals surface area contributed by atoms with Crippen LogP contribution in [0.5, 0.6) is 0 Å². The summed E-state index contributed by atoms with van der Waals surface area (Å²) in [5.41, 5.74) is 3.16. The van der Waals surface area contributed by atoms with Gasteiger partial charge in [0.1, 0.15) is 6.29 Å². The van der Waals surface area contributed by atoms with Gasteiger partial charge in [-0.15, -0.1) is 0 Å². The monoisotopic (exact) mass is 269 g/mol. The smallest absolute Gasteiger partial charge is 0.150 e. The minimum atomic E-state index is 0.378. The second-order valence-corrected chi connectivity index (χ2v) is 5.96. The summed E-state index contributed by atoms with van der Waals surface area (Å²) in [7, 11) is 0. The highest BCUT2D eigenvalue weighted by Gasteiger charge is 2.24. The van der Waals surface area contributed by atoms with Crippen LogP contribution < -0.4 is 4.90 Å². The minimum Gasteiger partial charge on any atom is -0.337 e. The maximum atomic E-state index is 10.9. The van der Waals surface area contributed by atoms with Crippen molar-refractivity contribution in [2.24, 2.45) is 0 Å². The molecule has 3 heteroatoms. The lowest BCUT2D eigenvalue weighted by molar-refractivity contribution is 0.112. The Hall–Kier alpha value is -1.74. The number of anilines is 2. The predicted molar refractivity (Wildman–Crippen MR) is 79.7 cm³/mol. The van der Waals surface area contributed by atoms with Gasteiger partial charge >= 0.3 is 0 Å². The predicted octanol–water partition coefficient (Wildman–Crippen LogP) is 4.51. The van der Waals surface area contributed by atoms with Gasteiger partial charge in [0, 0.05) is 21.4 Å². The Morgan fingerprint density at radius 1 is 1.05 bits per heavy atom. The Bertz CT molecular complexity index is 636. The van der Waals surface area contributed by atoms with Crippen LogP contribution in [0.4, 0.5) is 11.4 Å². The van der Waals surface area contributed by atoms with Crippen LogP contribution in [0.15, 0.2) is 52.3 Å². The first-order valence-corrected chi connectivity index (χ1v) is 7.17. The van der Waals surface area contributed by atoms with E-state index in [1.807, 2.05) is 18.2 Å². The number of para-hydroxylation sites is 1. The van der Waals surface area contributed by atoms with E-state index in [4.69, 9.17) is 0 Å². The second kappa shape index (κ2) is 4.74. The molecule has 0 radical (unpaired) electrons. The van der Waals surface area contributed by atoms with Crippen LogP contribution in [0.1, 0.15) is 24.2 Å². The van der Waals surface area contributed by atoms with Crippen LogP contribution in [0.2, 0.25) is 0 Å². The molecule has 0 spiro atoms. The highest BCUT2D eigenvalue weighted by molar-refractivity contribution is 7.99. The van der Waals surface area contributed by atoms with E-state index in [1.165, 1.54) is 16.3 Å². The zero-order valence-electron chi connectivity index (χ0n) is 11.0. The molecule has 96 valence electrons. The van der Waals surface area contributed by atoms with E-state index >= 15 is 0 Å². The fourth-order valence-corrected chi connectivity index (χ4v) is 3.55. The van der Waals surface area contributed by atoms with Crippen LogP contribution in [0.25, 0.3) is 0 Å². The molecule has 0 saturated heterocycles. The molecule has 0 saturated carbocycles. The lowest BCUT2D eigenvalue weighted by atomic mass is 10.1. The third-order valence-corrected chi connectivity index (χ3v) is 4.35. The Morgan fingerprint density at radius 2 is 1.79 bits per heavy atom. The molecule has 1 heterocycles. The molecular formula is C16H15NOS. The molecule has 2 nitrogen and oxygen atoms in total. The van der Waals surface area contributed by atoms with Crippen LogP contribution in [0, 0.1) is 0 Å². The quantitative estimate of drug-likeness (QED) is 0.748. The molecule has 1 aliphatic rings. The van der Waals surface area contributed by atoms with Crippen molar-refractivity contribution in [3.63, 3.8) is 0 Å². The molecule has 19 heavy (non-hydrogen) atoms.